The number of rotatable bonds is 7. The summed E-state index contributed by atoms with van der Waals surface area (Å²) < 4.78 is 30.0. The molecule has 5 saturated heterocycles. The van der Waals surface area contributed by atoms with Crippen molar-refractivity contribution in [2.24, 2.45) is 23.7 Å². The molecule has 7 unspecified atom stereocenters. The Kier molecular flexibility index (Phi) is 8.54. The molecule has 5 aliphatic heterocycles. The third-order valence-corrected chi connectivity index (χ3v) is 10.8. The molecule has 2 saturated carbocycles. The number of hydrogen-bond acceptors (Lipinski definition) is 7. The third-order valence-electron chi connectivity index (χ3n) is 10.8. The van der Waals surface area contributed by atoms with Crippen molar-refractivity contribution in [3.05, 3.63) is 0 Å². The monoisotopic (exact) mass is 538 g/mol. The lowest BCUT2D eigenvalue weighted by atomic mass is 9.76. The number of hydrogen-bond donors (Lipinski definition) is 4. The van der Waals surface area contributed by atoms with Crippen LogP contribution in [0.1, 0.15) is 64.7 Å². The van der Waals surface area contributed by atoms with Crippen molar-refractivity contribution in [1.29, 1.82) is 0 Å². The number of nitrogens with zero attached hydrogens (tertiary/aromatic N) is 2. The van der Waals surface area contributed by atoms with Crippen molar-refractivity contribution in [1.82, 2.24) is 31.1 Å². The fraction of sp³-hybridized carbons (Fsp3) is 0.964. The molecule has 216 valence electrons. The van der Waals surface area contributed by atoms with Gasteiger partial charge in [0.05, 0.1) is 18.4 Å². The Morgan fingerprint density at radius 1 is 0.974 bits per heavy atom. The molecule has 0 aromatic carbocycles. The first-order chi connectivity index (χ1) is 18.4. The van der Waals surface area contributed by atoms with Gasteiger partial charge in [0.15, 0.2) is 0 Å². The Labute approximate surface area is 226 Å². The van der Waals surface area contributed by atoms with E-state index in [9.17, 15) is 13.6 Å². The summed E-state index contributed by atoms with van der Waals surface area (Å²) in [6.07, 6.45) is 9.00. The smallest absolute Gasteiger partial charge is 0.345 e. The second-order valence-corrected chi connectivity index (χ2v) is 13.0. The molecule has 10 heteroatoms. The van der Waals surface area contributed by atoms with Crippen molar-refractivity contribution in [3.8, 4) is 0 Å². The zero-order valence-electron chi connectivity index (χ0n) is 22.9. The number of nitrogens with one attached hydrogen (secondary N) is 4. The Bertz CT molecular complexity index is 806. The van der Waals surface area contributed by atoms with Crippen LogP contribution < -0.4 is 21.3 Å². The second kappa shape index (κ2) is 11.9. The summed E-state index contributed by atoms with van der Waals surface area (Å²) in [6.45, 7) is 5.94. The number of halogens is 2. The molecular formula is C28H48F2N6O2. The van der Waals surface area contributed by atoms with E-state index in [1.165, 1.54) is 25.9 Å². The Balaban J connectivity index is 0.974. The predicted molar refractivity (Wildman–Crippen MR) is 141 cm³/mol. The fourth-order valence-corrected chi connectivity index (χ4v) is 8.71. The first kappa shape index (κ1) is 27.3. The average Bonchev–Trinajstić information content (AvgIpc) is 3.35. The summed E-state index contributed by atoms with van der Waals surface area (Å²) in [7, 11) is 0. The van der Waals surface area contributed by atoms with E-state index in [-0.39, 0.29) is 30.3 Å². The number of fused-ring (bicyclic) bond motifs is 4. The number of carbonyl (C=O) groups is 1. The predicted octanol–water partition coefficient (Wildman–Crippen LogP) is 1.92. The van der Waals surface area contributed by atoms with Crippen LogP contribution in [0.2, 0.25) is 0 Å². The first-order valence-corrected chi connectivity index (χ1v) is 15.4. The van der Waals surface area contributed by atoms with Gasteiger partial charge in [-0.1, -0.05) is 6.92 Å². The fourth-order valence-electron chi connectivity index (χ4n) is 8.71. The standard InChI is InChI=1S/C28H48F2N6O2/c1-17-14-20(4-7-22(17)27(37)34-23-16-35-11-8-18(23)9-12-35)33-25-26-32-15-24(36(26)13-10-31-25)19-2-5-21(6-3-19)38-28(29)30/h17-26,28,31-33H,2-16H2,1H3,(H,34,37). The molecule has 1 amide bonds. The van der Waals surface area contributed by atoms with Crippen LogP contribution in [-0.2, 0) is 9.53 Å². The van der Waals surface area contributed by atoms with Gasteiger partial charge in [-0.25, -0.2) is 0 Å². The molecule has 7 aliphatic rings. The molecule has 2 bridgehead atoms. The van der Waals surface area contributed by atoms with E-state index >= 15 is 0 Å². The normalized spacial score (nSPS) is 45.7. The summed E-state index contributed by atoms with van der Waals surface area (Å²) in [5.74, 6) is 1.98. The lowest BCUT2D eigenvalue weighted by molar-refractivity contribution is -0.172. The van der Waals surface area contributed by atoms with Crippen LogP contribution in [0, 0.1) is 23.7 Å². The number of carbonyl (C=O) groups excluding carboxylic acids is 1. The highest BCUT2D eigenvalue weighted by Crippen LogP contribution is 2.36. The van der Waals surface area contributed by atoms with Crippen molar-refractivity contribution >= 4 is 5.91 Å². The molecule has 38 heavy (non-hydrogen) atoms. The summed E-state index contributed by atoms with van der Waals surface area (Å²) in [5.41, 5.74) is 0. The Morgan fingerprint density at radius 2 is 1.76 bits per heavy atom. The van der Waals surface area contributed by atoms with Gasteiger partial charge in [-0.15, -0.1) is 0 Å². The SMILES string of the molecule is CC1CC(NC2NCCN3C(C4CCC(OC(F)F)CC4)CNC23)CCC1C(=O)NC1CN2CCC1CC2. The molecule has 2 aliphatic carbocycles. The summed E-state index contributed by atoms with van der Waals surface area (Å²) in [6, 6.07) is 1.22. The molecule has 0 radical (unpaired) electrons. The van der Waals surface area contributed by atoms with Crippen LogP contribution in [-0.4, -0.2) is 98.1 Å². The van der Waals surface area contributed by atoms with Gasteiger partial charge >= 0.3 is 6.61 Å². The highest BCUT2D eigenvalue weighted by atomic mass is 19.3. The molecule has 0 aromatic rings. The van der Waals surface area contributed by atoms with Crippen LogP contribution >= 0.6 is 0 Å². The van der Waals surface area contributed by atoms with Gasteiger partial charge in [-0.05, 0) is 88.6 Å². The zero-order valence-corrected chi connectivity index (χ0v) is 22.9. The molecule has 7 atom stereocenters. The zero-order chi connectivity index (χ0) is 26.2. The van der Waals surface area contributed by atoms with Gasteiger partial charge in [0, 0.05) is 50.2 Å². The lowest BCUT2D eigenvalue weighted by Gasteiger charge is -2.46. The van der Waals surface area contributed by atoms with E-state index in [2.05, 4.69) is 38.0 Å². The maximum atomic E-state index is 13.2. The van der Waals surface area contributed by atoms with Gasteiger partial charge in [0.25, 0.3) is 0 Å². The number of piperidine rings is 3. The number of piperazine rings is 1. The van der Waals surface area contributed by atoms with Gasteiger partial charge in [-0.2, -0.15) is 8.78 Å². The average molecular weight is 539 g/mol. The minimum Gasteiger partial charge on any atom is -0.352 e. The number of amides is 1. The molecule has 0 spiro atoms. The topological polar surface area (TPSA) is 80.9 Å². The summed E-state index contributed by atoms with van der Waals surface area (Å²) >= 11 is 0. The molecule has 4 N–H and O–H groups in total. The van der Waals surface area contributed by atoms with Crippen molar-refractivity contribution in [2.45, 2.75) is 108 Å². The van der Waals surface area contributed by atoms with Gasteiger partial charge in [0.2, 0.25) is 5.91 Å². The first-order valence-electron chi connectivity index (χ1n) is 15.4. The molecule has 5 heterocycles. The van der Waals surface area contributed by atoms with Crippen LogP contribution in [0.15, 0.2) is 0 Å². The minimum absolute atomic E-state index is 0.123. The van der Waals surface area contributed by atoms with Gasteiger partial charge in [-0.3, -0.25) is 25.6 Å². The largest absolute Gasteiger partial charge is 0.352 e. The van der Waals surface area contributed by atoms with Crippen LogP contribution in [0.4, 0.5) is 8.78 Å². The van der Waals surface area contributed by atoms with Crippen molar-refractivity contribution in [3.63, 3.8) is 0 Å². The Hall–Kier alpha value is -0.910. The molecule has 0 aromatic heterocycles. The van der Waals surface area contributed by atoms with E-state index in [0.29, 0.717) is 35.9 Å². The van der Waals surface area contributed by atoms with E-state index in [1.54, 1.807) is 0 Å². The Morgan fingerprint density at radius 3 is 2.45 bits per heavy atom. The minimum atomic E-state index is -2.66. The third kappa shape index (κ3) is 5.91. The maximum absolute atomic E-state index is 13.2. The van der Waals surface area contributed by atoms with Crippen LogP contribution in [0.5, 0.6) is 0 Å². The van der Waals surface area contributed by atoms with E-state index in [1.807, 2.05) is 0 Å². The summed E-state index contributed by atoms with van der Waals surface area (Å²) in [4.78, 5) is 18.4. The lowest BCUT2D eigenvalue weighted by Crippen LogP contribution is -2.67. The van der Waals surface area contributed by atoms with E-state index in [4.69, 9.17) is 4.74 Å². The van der Waals surface area contributed by atoms with E-state index < -0.39 is 6.61 Å². The highest BCUT2D eigenvalue weighted by molar-refractivity contribution is 5.79. The van der Waals surface area contributed by atoms with Crippen molar-refractivity contribution in [2.75, 3.05) is 39.3 Å². The maximum Gasteiger partial charge on any atom is 0.345 e. The van der Waals surface area contributed by atoms with Gasteiger partial charge < -0.3 is 15.0 Å². The molecule has 7 rings (SSSR count). The molecule has 8 nitrogen and oxygen atoms in total. The van der Waals surface area contributed by atoms with Crippen LogP contribution in [0.3, 0.4) is 0 Å². The van der Waals surface area contributed by atoms with E-state index in [0.717, 1.165) is 71.1 Å². The highest BCUT2D eigenvalue weighted by Gasteiger charge is 2.45. The quantitative estimate of drug-likeness (QED) is 0.395. The van der Waals surface area contributed by atoms with Gasteiger partial charge in [0.1, 0.15) is 0 Å². The molecular weight excluding hydrogens is 490 g/mol. The summed E-state index contributed by atoms with van der Waals surface area (Å²) in [5, 5.41) is 14.8. The van der Waals surface area contributed by atoms with Crippen LogP contribution in [0.25, 0.3) is 0 Å². The molecule has 7 fully saturated rings. The number of ether oxygens (including phenoxy) is 1. The second-order valence-electron chi connectivity index (χ2n) is 13.0. The van der Waals surface area contributed by atoms with Crippen molar-refractivity contribution < 1.29 is 18.3 Å². The number of alkyl halides is 2.